The van der Waals surface area contributed by atoms with Crippen LogP contribution in [-0.4, -0.2) is 55.1 Å². The summed E-state index contributed by atoms with van der Waals surface area (Å²) < 4.78 is 4.49. The van der Waals surface area contributed by atoms with Gasteiger partial charge in [0.2, 0.25) is 0 Å². The molecular formula is C32H31N5O3. The molecule has 2 aliphatic rings. The van der Waals surface area contributed by atoms with E-state index >= 15 is 0 Å². The number of pyridine rings is 1. The third kappa shape index (κ3) is 4.49. The van der Waals surface area contributed by atoms with Crippen LogP contribution in [0.1, 0.15) is 36.0 Å². The Bertz CT molecular complexity index is 1730. The van der Waals surface area contributed by atoms with Gasteiger partial charge >= 0.3 is 6.09 Å². The predicted molar refractivity (Wildman–Crippen MR) is 154 cm³/mol. The SMILES string of the molecule is O=C(O)NC1CCCN(C(=O)c2ccn3c(-c4ccccc4)c(-c4cc5ccccc5n4CC4CC4)nc3c2)C1. The van der Waals surface area contributed by atoms with Crippen molar-refractivity contribution >= 4 is 28.6 Å². The number of rotatable bonds is 6. The summed E-state index contributed by atoms with van der Waals surface area (Å²) in [7, 11) is 0. The van der Waals surface area contributed by atoms with E-state index in [1.54, 1.807) is 4.90 Å². The lowest BCUT2D eigenvalue weighted by Crippen LogP contribution is -2.49. The molecule has 0 bridgehead atoms. The molecule has 0 spiro atoms. The van der Waals surface area contributed by atoms with Crippen LogP contribution in [0, 0.1) is 5.92 Å². The van der Waals surface area contributed by atoms with Gasteiger partial charge in [-0.2, -0.15) is 0 Å². The number of carbonyl (C=O) groups excluding carboxylic acids is 1. The maximum Gasteiger partial charge on any atom is 0.404 e. The molecule has 202 valence electrons. The Labute approximate surface area is 231 Å². The molecule has 8 nitrogen and oxygen atoms in total. The fraction of sp³-hybridized carbons (Fsp3) is 0.281. The van der Waals surface area contributed by atoms with Crippen LogP contribution in [0.25, 0.3) is 39.2 Å². The molecule has 2 N–H and O–H groups in total. The summed E-state index contributed by atoms with van der Waals surface area (Å²) in [6, 6.07) is 24.5. The van der Waals surface area contributed by atoms with E-state index in [1.165, 1.54) is 23.7 Å². The van der Waals surface area contributed by atoms with Gasteiger partial charge in [-0.15, -0.1) is 0 Å². The monoisotopic (exact) mass is 533 g/mol. The number of hydrogen-bond acceptors (Lipinski definition) is 3. The number of benzene rings is 2. The number of hydrogen-bond donors (Lipinski definition) is 2. The summed E-state index contributed by atoms with van der Waals surface area (Å²) in [6.45, 7) is 1.94. The van der Waals surface area contributed by atoms with Crippen molar-refractivity contribution in [3.05, 3.63) is 84.6 Å². The van der Waals surface area contributed by atoms with E-state index in [0.29, 0.717) is 30.2 Å². The fourth-order valence-corrected chi connectivity index (χ4v) is 6.03. The number of imidazole rings is 1. The van der Waals surface area contributed by atoms with Crippen molar-refractivity contribution in [2.75, 3.05) is 13.1 Å². The number of amides is 2. The summed E-state index contributed by atoms with van der Waals surface area (Å²) in [5.74, 6) is 0.591. The highest BCUT2D eigenvalue weighted by atomic mass is 16.4. The van der Waals surface area contributed by atoms with Gasteiger partial charge in [0, 0.05) is 53.9 Å². The van der Waals surface area contributed by atoms with Gasteiger partial charge < -0.3 is 19.9 Å². The highest BCUT2D eigenvalue weighted by molar-refractivity contribution is 5.96. The number of nitrogens with one attached hydrogen (secondary N) is 1. The van der Waals surface area contributed by atoms with Gasteiger partial charge in [0.1, 0.15) is 11.3 Å². The first-order valence-corrected chi connectivity index (χ1v) is 14.0. The smallest absolute Gasteiger partial charge is 0.404 e. The highest BCUT2D eigenvalue weighted by Crippen LogP contribution is 2.39. The van der Waals surface area contributed by atoms with Crippen LogP contribution in [0.2, 0.25) is 0 Å². The first-order valence-electron chi connectivity index (χ1n) is 14.0. The number of fused-ring (bicyclic) bond motifs is 2. The Morgan fingerprint density at radius 1 is 0.975 bits per heavy atom. The molecule has 1 saturated carbocycles. The molecule has 1 aliphatic carbocycles. The van der Waals surface area contributed by atoms with Crippen LogP contribution in [0.5, 0.6) is 0 Å². The van der Waals surface area contributed by atoms with Gasteiger partial charge in [0.05, 0.1) is 11.4 Å². The van der Waals surface area contributed by atoms with E-state index in [0.717, 1.165) is 42.0 Å². The van der Waals surface area contributed by atoms with Crippen molar-refractivity contribution in [3.8, 4) is 22.6 Å². The molecule has 7 rings (SSSR count). The number of carbonyl (C=O) groups is 2. The zero-order valence-corrected chi connectivity index (χ0v) is 22.2. The minimum Gasteiger partial charge on any atom is -0.465 e. The summed E-state index contributed by atoms with van der Waals surface area (Å²) in [5, 5.41) is 12.9. The number of carboxylic acid groups (broad SMARTS) is 1. The van der Waals surface area contributed by atoms with Crippen LogP contribution in [-0.2, 0) is 6.54 Å². The topological polar surface area (TPSA) is 91.9 Å². The largest absolute Gasteiger partial charge is 0.465 e. The van der Waals surface area contributed by atoms with Gasteiger partial charge in [-0.25, -0.2) is 9.78 Å². The maximum absolute atomic E-state index is 13.5. The van der Waals surface area contributed by atoms with Gasteiger partial charge in [-0.3, -0.25) is 9.20 Å². The van der Waals surface area contributed by atoms with Crippen molar-refractivity contribution in [2.24, 2.45) is 5.92 Å². The normalized spacial score (nSPS) is 17.4. The standard InChI is InChI=1S/C32H31N5O3/c38-31(35-15-6-10-25(20-35)33-32(39)40)24-14-16-36-28(18-24)34-29(30(36)22-7-2-1-3-8-22)27-17-23-9-4-5-11-26(23)37(27)19-21-12-13-21/h1-5,7-9,11,14,16-18,21,25,33H,6,10,12-13,15,19-20H2,(H,39,40). The minimum absolute atomic E-state index is 0.104. The van der Waals surface area contributed by atoms with Gasteiger partial charge in [-0.1, -0.05) is 48.5 Å². The Morgan fingerprint density at radius 3 is 2.58 bits per heavy atom. The summed E-state index contributed by atoms with van der Waals surface area (Å²) in [6.07, 6.45) is 4.88. The van der Waals surface area contributed by atoms with Crippen molar-refractivity contribution in [1.82, 2.24) is 24.2 Å². The molecule has 4 heterocycles. The van der Waals surface area contributed by atoms with Crippen LogP contribution in [0.3, 0.4) is 0 Å². The van der Waals surface area contributed by atoms with Gasteiger partial charge in [-0.05, 0) is 55.9 Å². The third-order valence-electron chi connectivity index (χ3n) is 8.15. The van der Waals surface area contributed by atoms with E-state index in [4.69, 9.17) is 10.1 Å². The number of likely N-dealkylation sites (tertiary alicyclic amines) is 1. The van der Waals surface area contributed by atoms with Crippen molar-refractivity contribution in [1.29, 1.82) is 0 Å². The summed E-state index contributed by atoms with van der Waals surface area (Å²) in [4.78, 5) is 31.6. The highest BCUT2D eigenvalue weighted by Gasteiger charge is 2.28. The molecule has 1 saturated heterocycles. The lowest BCUT2D eigenvalue weighted by atomic mass is 10.0. The second-order valence-corrected chi connectivity index (χ2v) is 11.0. The molecule has 40 heavy (non-hydrogen) atoms. The number of aromatic nitrogens is 3. The van der Waals surface area contributed by atoms with E-state index < -0.39 is 6.09 Å². The second kappa shape index (κ2) is 9.86. The van der Waals surface area contributed by atoms with E-state index in [9.17, 15) is 9.59 Å². The van der Waals surface area contributed by atoms with Crippen LogP contribution in [0.15, 0.2) is 79.0 Å². The van der Waals surface area contributed by atoms with Gasteiger partial charge in [0.15, 0.2) is 0 Å². The van der Waals surface area contributed by atoms with Gasteiger partial charge in [0.25, 0.3) is 5.91 Å². The van der Waals surface area contributed by atoms with Crippen LogP contribution >= 0.6 is 0 Å². The Morgan fingerprint density at radius 2 is 1.77 bits per heavy atom. The molecule has 2 amide bonds. The quantitative estimate of drug-likeness (QED) is 0.284. The summed E-state index contributed by atoms with van der Waals surface area (Å²) in [5.41, 5.74) is 6.52. The molecule has 2 fully saturated rings. The second-order valence-electron chi connectivity index (χ2n) is 11.0. The van der Waals surface area contributed by atoms with Crippen molar-refractivity contribution in [3.63, 3.8) is 0 Å². The Hall–Kier alpha value is -4.59. The third-order valence-corrected chi connectivity index (χ3v) is 8.15. The molecule has 1 aliphatic heterocycles. The van der Waals surface area contributed by atoms with Crippen molar-refractivity contribution < 1.29 is 14.7 Å². The maximum atomic E-state index is 13.5. The Kier molecular flexibility index (Phi) is 6.03. The van der Waals surface area contributed by atoms with E-state index in [1.807, 2.05) is 36.5 Å². The van der Waals surface area contributed by atoms with Crippen molar-refractivity contribution in [2.45, 2.75) is 38.3 Å². The molecule has 3 aromatic heterocycles. The summed E-state index contributed by atoms with van der Waals surface area (Å²) >= 11 is 0. The molecule has 5 aromatic rings. The Balaban J connectivity index is 1.34. The van der Waals surface area contributed by atoms with E-state index in [2.05, 4.69) is 56.7 Å². The number of nitrogens with zero attached hydrogens (tertiary/aromatic N) is 4. The van der Waals surface area contributed by atoms with Crippen LogP contribution < -0.4 is 5.32 Å². The average Bonchev–Trinajstić information content (AvgIpc) is 3.61. The first-order chi connectivity index (χ1) is 19.5. The molecule has 2 aromatic carbocycles. The first kappa shape index (κ1) is 24.5. The predicted octanol–water partition coefficient (Wildman–Crippen LogP) is 5.91. The zero-order valence-electron chi connectivity index (χ0n) is 22.2. The molecular weight excluding hydrogens is 502 g/mol. The zero-order chi connectivity index (χ0) is 27.2. The fourth-order valence-electron chi connectivity index (χ4n) is 6.03. The molecule has 1 unspecified atom stereocenters. The van der Waals surface area contributed by atoms with E-state index in [-0.39, 0.29) is 11.9 Å². The minimum atomic E-state index is -1.06. The lowest BCUT2D eigenvalue weighted by molar-refractivity contribution is 0.0692. The number of para-hydroxylation sites is 1. The number of piperidine rings is 1. The molecule has 1 atom stereocenters. The molecule has 0 radical (unpaired) electrons. The lowest BCUT2D eigenvalue weighted by Gasteiger charge is -2.32. The average molecular weight is 534 g/mol. The molecule has 8 heteroatoms. The van der Waals surface area contributed by atoms with Crippen LogP contribution in [0.4, 0.5) is 4.79 Å².